The topological polar surface area (TPSA) is 101 Å². The van der Waals surface area contributed by atoms with Gasteiger partial charge < -0.3 is 19.3 Å². The molecule has 3 amide bonds. The number of esters is 1. The van der Waals surface area contributed by atoms with Gasteiger partial charge in [-0.15, -0.1) is 0 Å². The van der Waals surface area contributed by atoms with Crippen LogP contribution in [0.1, 0.15) is 13.8 Å². The van der Waals surface area contributed by atoms with E-state index in [1.54, 1.807) is 18.9 Å². The molecule has 0 radical (unpaired) electrons. The number of rotatable bonds is 7. The number of amides is 3. The second-order valence-corrected chi connectivity index (χ2v) is 6.10. The molecule has 2 atom stereocenters. The summed E-state index contributed by atoms with van der Waals surface area (Å²) in [6.45, 7) is 5.36. The quantitative estimate of drug-likeness (QED) is 0.500. The van der Waals surface area contributed by atoms with Crippen LogP contribution in [0.25, 0.3) is 0 Å². The van der Waals surface area contributed by atoms with Crippen LogP contribution in [0.15, 0.2) is 4.99 Å². The first-order valence-corrected chi connectivity index (χ1v) is 8.76. The lowest BCUT2D eigenvalue weighted by Crippen LogP contribution is -2.63. The van der Waals surface area contributed by atoms with Crippen LogP contribution < -0.4 is 5.32 Å². The Morgan fingerprint density at radius 2 is 2.08 bits per heavy atom. The van der Waals surface area contributed by atoms with E-state index in [9.17, 15) is 14.4 Å². The molecule has 10 heteroatoms. The maximum absolute atomic E-state index is 12.2. The predicted octanol–water partition coefficient (Wildman–Crippen LogP) is -0.133. The Kier molecular flexibility index (Phi) is 6.44. The van der Waals surface area contributed by atoms with Gasteiger partial charge in [0.15, 0.2) is 17.4 Å². The minimum Gasteiger partial charge on any atom is -0.465 e. The van der Waals surface area contributed by atoms with Crippen molar-refractivity contribution < 1.29 is 23.9 Å². The first-order valence-electron chi connectivity index (χ1n) is 7.77. The molecule has 1 saturated heterocycles. The van der Waals surface area contributed by atoms with E-state index in [1.807, 2.05) is 6.92 Å². The summed E-state index contributed by atoms with van der Waals surface area (Å²) in [5.41, 5.74) is 0. The molecule has 0 aliphatic carbocycles. The summed E-state index contributed by atoms with van der Waals surface area (Å²) < 4.78 is 10.3. The van der Waals surface area contributed by atoms with Gasteiger partial charge in [-0.3, -0.25) is 14.9 Å². The zero-order chi connectivity index (χ0) is 17.7. The number of aliphatic imine (C=N–C) groups is 1. The SMILES string of the molecule is CCOCCN1C(SCC(=O)OCC)=NC2C1C(=O)NC(=O)N2C. The van der Waals surface area contributed by atoms with Crippen LogP contribution >= 0.6 is 11.8 Å². The summed E-state index contributed by atoms with van der Waals surface area (Å²) in [6.07, 6.45) is -0.599. The normalized spacial score (nSPS) is 23.0. The number of carbonyl (C=O) groups excluding carboxylic acids is 3. The van der Waals surface area contributed by atoms with Gasteiger partial charge in [0.2, 0.25) is 0 Å². The number of ether oxygens (including phenoxy) is 2. The Hall–Kier alpha value is -1.81. The molecule has 9 nitrogen and oxygen atoms in total. The van der Waals surface area contributed by atoms with Crippen LogP contribution in [-0.2, 0) is 19.1 Å². The highest BCUT2D eigenvalue weighted by Gasteiger charge is 2.48. The predicted molar refractivity (Wildman–Crippen MR) is 88.6 cm³/mol. The van der Waals surface area contributed by atoms with Gasteiger partial charge in [0.1, 0.15) is 0 Å². The third-order valence-electron chi connectivity index (χ3n) is 3.63. The number of imide groups is 1. The van der Waals surface area contributed by atoms with Crippen molar-refractivity contribution in [2.75, 3.05) is 39.2 Å². The summed E-state index contributed by atoms with van der Waals surface area (Å²) in [5.74, 6) is -0.648. The van der Waals surface area contributed by atoms with Crippen molar-refractivity contribution >= 4 is 34.8 Å². The number of nitrogens with zero attached hydrogens (tertiary/aromatic N) is 3. The van der Waals surface area contributed by atoms with Crippen molar-refractivity contribution in [1.82, 2.24) is 15.1 Å². The van der Waals surface area contributed by atoms with E-state index in [0.717, 1.165) is 0 Å². The molecule has 2 rings (SSSR count). The molecular weight excluding hydrogens is 336 g/mol. The van der Waals surface area contributed by atoms with Crippen molar-refractivity contribution in [3.8, 4) is 0 Å². The van der Waals surface area contributed by atoms with E-state index in [-0.39, 0.29) is 11.7 Å². The lowest BCUT2D eigenvalue weighted by molar-refractivity contribution is -0.139. The van der Waals surface area contributed by atoms with Gasteiger partial charge >= 0.3 is 12.0 Å². The molecule has 0 aromatic carbocycles. The maximum atomic E-state index is 12.2. The highest BCUT2D eigenvalue weighted by Crippen LogP contribution is 2.28. The molecule has 0 aromatic rings. The number of hydrogen-bond acceptors (Lipinski definition) is 8. The highest BCUT2D eigenvalue weighted by atomic mass is 32.2. The standard InChI is InChI=1S/C14H22N4O5S/c1-4-22-7-6-18-10-11(17(3)13(21)16-12(10)20)15-14(18)24-8-9(19)23-5-2/h10-11H,4-8H2,1-3H3,(H,16,20,21). The van der Waals surface area contributed by atoms with Gasteiger partial charge in [-0.1, -0.05) is 11.8 Å². The number of carbonyl (C=O) groups is 3. The van der Waals surface area contributed by atoms with Gasteiger partial charge in [0.25, 0.3) is 5.91 Å². The van der Waals surface area contributed by atoms with E-state index in [4.69, 9.17) is 9.47 Å². The van der Waals surface area contributed by atoms with Crippen LogP contribution in [0.2, 0.25) is 0 Å². The lowest BCUT2D eigenvalue weighted by Gasteiger charge is -2.36. The minimum atomic E-state index is -0.613. The summed E-state index contributed by atoms with van der Waals surface area (Å²) in [4.78, 5) is 43.2. The average molecular weight is 358 g/mol. The van der Waals surface area contributed by atoms with E-state index in [0.29, 0.717) is 31.5 Å². The number of fused-ring (bicyclic) bond motifs is 1. The summed E-state index contributed by atoms with van der Waals surface area (Å²) in [7, 11) is 1.59. The minimum absolute atomic E-state index is 0.0938. The smallest absolute Gasteiger partial charge is 0.325 e. The van der Waals surface area contributed by atoms with E-state index >= 15 is 0 Å². The molecule has 1 fully saturated rings. The number of amidine groups is 1. The molecule has 2 heterocycles. The molecule has 2 aliphatic rings. The Balaban J connectivity index is 2.12. The molecule has 1 N–H and O–H groups in total. The molecule has 0 bridgehead atoms. The fourth-order valence-electron chi connectivity index (χ4n) is 2.49. The maximum Gasteiger partial charge on any atom is 0.325 e. The summed E-state index contributed by atoms with van der Waals surface area (Å²) in [6, 6.07) is -1.09. The number of urea groups is 1. The zero-order valence-electron chi connectivity index (χ0n) is 14.0. The van der Waals surface area contributed by atoms with Crippen LogP contribution in [-0.4, -0.2) is 84.2 Å². The van der Waals surface area contributed by atoms with Crippen LogP contribution in [0, 0.1) is 0 Å². The van der Waals surface area contributed by atoms with E-state index in [1.165, 1.54) is 16.7 Å². The molecule has 24 heavy (non-hydrogen) atoms. The summed E-state index contributed by atoms with van der Waals surface area (Å²) >= 11 is 1.20. The molecule has 2 unspecified atom stereocenters. The number of thioether (sulfide) groups is 1. The third-order valence-corrected chi connectivity index (χ3v) is 4.61. The van der Waals surface area contributed by atoms with Crippen molar-refractivity contribution in [2.45, 2.75) is 26.1 Å². The van der Waals surface area contributed by atoms with Crippen molar-refractivity contribution in [3.05, 3.63) is 0 Å². The van der Waals surface area contributed by atoms with Gasteiger partial charge in [-0.25, -0.2) is 9.79 Å². The van der Waals surface area contributed by atoms with E-state index in [2.05, 4.69) is 10.3 Å². The molecule has 0 spiro atoms. The van der Waals surface area contributed by atoms with Gasteiger partial charge in [0, 0.05) is 20.2 Å². The fraction of sp³-hybridized carbons (Fsp3) is 0.714. The van der Waals surface area contributed by atoms with Gasteiger partial charge in [0.05, 0.1) is 19.0 Å². The first kappa shape index (κ1) is 18.5. The average Bonchev–Trinajstić information content (AvgIpc) is 2.91. The molecule has 134 valence electrons. The first-order chi connectivity index (χ1) is 11.5. The largest absolute Gasteiger partial charge is 0.465 e. The zero-order valence-corrected chi connectivity index (χ0v) is 14.8. The Labute approximate surface area is 144 Å². The molecular formula is C14H22N4O5S. The Bertz CT molecular complexity index is 541. The Morgan fingerprint density at radius 1 is 1.33 bits per heavy atom. The molecule has 0 aromatic heterocycles. The lowest BCUT2D eigenvalue weighted by atomic mass is 10.1. The number of likely N-dealkylation sites (N-methyl/N-ethyl adjacent to an activating group) is 1. The van der Waals surface area contributed by atoms with Crippen LogP contribution in [0.3, 0.4) is 0 Å². The van der Waals surface area contributed by atoms with Crippen molar-refractivity contribution in [3.63, 3.8) is 0 Å². The second kappa shape index (κ2) is 8.34. The van der Waals surface area contributed by atoms with Crippen LogP contribution in [0.4, 0.5) is 4.79 Å². The molecule has 2 aliphatic heterocycles. The Morgan fingerprint density at radius 3 is 2.75 bits per heavy atom. The number of hydrogen-bond donors (Lipinski definition) is 1. The monoisotopic (exact) mass is 358 g/mol. The van der Waals surface area contributed by atoms with Crippen molar-refractivity contribution in [1.29, 1.82) is 0 Å². The van der Waals surface area contributed by atoms with Crippen molar-refractivity contribution in [2.24, 2.45) is 4.99 Å². The molecule has 0 saturated carbocycles. The van der Waals surface area contributed by atoms with Gasteiger partial charge in [-0.05, 0) is 13.8 Å². The summed E-state index contributed by atoms with van der Waals surface area (Å²) in [5, 5.41) is 2.85. The second-order valence-electron chi connectivity index (χ2n) is 5.16. The van der Waals surface area contributed by atoms with E-state index < -0.39 is 24.1 Å². The van der Waals surface area contributed by atoms with Gasteiger partial charge in [-0.2, -0.15) is 0 Å². The highest BCUT2D eigenvalue weighted by molar-refractivity contribution is 8.14. The third kappa shape index (κ3) is 3.99. The number of nitrogens with one attached hydrogen (secondary N) is 1. The van der Waals surface area contributed by atoms with Crippen LogP contribution in [0.5, 0.6) is 0 Å². The fourth-order valence-corrected chi connectivity index (χ4v) is 3.37.